The first-order valence-corrected chi connectivity index (χ1v) is 8.58. The highest BCUT2D eigenvalue weighted by Gasteiger charge is 2.29. The van der Waals surface area contributed by atoms with Crippen molar-refractivity contribution in [3.63, 3.8) is 0 Å². The first kappa shape index (κ1) is 15.4. The normalized spacial score (nSPS) is 22.1. The maximum atomic E-state index is 10.7. The summed E-state index contributed by atoms with van der Waals surface area (Å²) in [6.07, 6.45) is 2.38. The molecule has 2 atom stereocenters. The van der Waals surface area contributed by atoms with Gasteiger partial charge in [-0.05, 0) is 36.2 Å². The Morgan fingerprint density at radius 2 is 2.04 bits per heavy atom. The zero-order valence-electron chi connectivity index (χ0n) is 13.9. The van der Waals surface area contributed by atoms with Crippen molar-refractivity contribution in [2.75, 3.05) is 13.1 Å². The number of nitrogens with one attached hydrogen (secondary N) is 1. The van der Waals surface area contributed by atoms with Gasteiger partial charge in [0.25, 0.3) is 0 Å². The largest absolute Gasteiger partial charge is 0.391 e. The van der Waals surface area contributed by atoms with Gasteiger partial charge in [-0.2, -0.15) is 0 Å². The number of aromatic amines is 1. The van der Waals surface area contributed by atoms with E-state index in [4.69, 9.17) is 0 Å². The number of aryl methyl sites for hydroxylation is 1. The highest BCUT2D eigenvalue weighted by Crippen LogP contribution is 2.31. The van der Waals surface area contributed by atoms with Crippen LogP contribution >= 0.6 is 0 Å². The molecule has 1 fully saturated rings. The average molecular weight is 321 g/mol. The van der Waals surface area contributed by atoms with Gasteiger partial charge in [-0.1, -0.05) is 42.5 Å². The molecule has 0 bridgehead atoms. The minimum Gasteiger partial charge on any atom is -0.391 e. The number of benzene rings is 2. The fraction of sp³-hybridized carbons (Fsp3) is 0.350. The van der Waals surface area contributed by atoms with Gasteiger partial charge < -0.3 is 10.1 Å². The van der Waals surface area contributed by atoms with Gasteiger partial charge >= 0.3 is 0 Å². The predicted octanol–water partition coefficient (Wildman–Crippen LogP) is 3.22. The molecule has 124 valence electrons. The predicted molar refractivity (Wildman–Crippen MR) is 95.9 cm³/mol. The summed E-state index contributed by atoms with van der Waals surface area (Å²) in [5.41, 5.74) is 3.43. The van der Waals surface area contributed by atoms with Crippen molar-refractivity contribution in [1.29, 1.82) is 0 Å². The minimum atomic E-state index is -0.334. The fourth-order valence-corrected chi connectivity index (χ4v) is 3.73. The van der Waals surface area contributed by atoms with Crippen LogP contribution in [0.3, 0.4) is 0 Å². The standard InChI is InChI=1S/C20H23N3O/c1-14-19(22-13-21-14)11-23-9-8-18(20(24)12-23)17-7-6-15-4-2-3-5-16(15)10-17/h2-7,10,13,18,20,24H,8-9,11-12H2,1H3,(H,21,22)/t18-,20+/m0/s1. The van der Waals surface area contributed by atoms with Crippen LogP contribution in [0.25, 0.3) is 10.8 Å². The van der Waals surface area contributed by atoms with Crippen LogP contribution in [0.5, 0.6) is 0 Å². The molecule has 0 unspecified atom stereocenters. The number of aliphatic hydroxyl groups is 1. The highest BCUT2D eigenvalue weighted by molar-refractivity contribution is 5.83. The van der Waals surface area contributed by atoms with E-state index in [9.17, 15) is 5.11 Å². The van der Waals surface area contributed by atoms with Crippen LogP contribution in [0.4, 0.5) is 0 Å². The fourth-order valence-electron chi connectivity index (χ4n) is 3.73. The second-order valence-electron chi connectivity index (χ2n) is 6.78. The molecule has 0 saturated carbocycles. The van der Waals surface area contributed by atoms with Gasteiger partial charge in [0.2, 0.25) is 0 Å². The molecule has 1 saturated heterocycles. The molecule has 0 radical (unpaired) electrons. The number of likely N-dealkylation sites (tertiary alicyclic amines) is 1. The second-order valence-corrected chi connectivity index (χ2v) is 6.78. The molecule has 1 aliphatic rings. The number of aliphatic hydroxyl groups excluding tert-OH is 1. The lowest BCUT2D eigenvalue weighted by atomic mass is 9.86. The highest BCUT2D eigenvalue weighted by atomic mass is 16.3. The summed E-state index contributed by atoms with van der Waals surface area (Å²) >= 11 is 0. The molecule has 4 rings (SSSR count). The van der Waals surface area contributed by atoms with Crippen LogP contribution in [0.2, 0.25) is 0 Å². The SMILES string of the molecule is Cc1[nH]cnc1CN1CC[C@@H](c2ccc3ccccc3c2)[C@H](O)C1. The van der Waals surface area contributed by atoms with E-state index >= 15 is 0 Å². The summed E-state index contributed by atoms with van der Waals surface area (Å²) in [4.78, 5) is 9.79. The van der Waals surface area contributed by atoms with E-state index in [1.165, 1.54) is 16.3 Å². The van der Waals surface area contributed by atoms with Crippen LogP contribution in [0.15, 0.2) is 48.8 Å². The quantitative estimate of drug-likeness (QED) is 0.779. The van der Waals surface area contributed by atoms with E-state index in [0.29, 0.717) is 6.54 Å². The van der Waals surface area contributed by atoms with E-state index in [1.54, 1.807) is 6.33 Å². The van der Waals surface area contributed by atoms with Crippen molar-refractivity contribution in [1.82, 2.24) is 14.9 Å². The molecule has 3 aromatic rings. The first-order chi connectivity index (χ1) is 11.7. The Kier molecular flexibility index (Phi) is 4.08. The summed E-state index contributed by atoms with van der Waals surface area (Å²) in [5.74, 6) is 0.214. The molecule has 2 N–H and O–H groups in total. The molecule has 1 aromatic heterocycles. The zero-order chi connectivity index (χ0) is 16.5. The molecular formula is C20H23N3O. The number of rotatable bonds is 3. The molecule has 4 nitrogen and oxygen atoms in total. The average Bonchev–Trinajstić information content (AvgIpc) is 2.99. The van der Waals surface area contributed by atoms with Gasteiger partial charge in [-0.25, -0.2) is 4.98 Å². The number of fused-ring (bicyclic) bond motifs is 1. The number of hydrogen-bond donors (Lipinski definition) is 2. The maximum Gasteiger partial charge on any atom is 0.0925 e. The number of imidazole rings is 1. The monoisotopic (exact) mass is 321 g/mol. The van der Waals surface area contributed by atoms with Gasteiger partial charge in [0.1, 0.15) is 0 Å². The summed E-state index contributed by atoms with van der Waals surface area (Å²) < 4.78 is 0. The Balaban J connectivity index is 1.48. The van der Waals surface area contributed by atoms with E-state index in [-0.39, 0.29) is 12.0 Å². The lowest BCUT2D eigenvalue weighted by molar-refractivity contribution is 0.0471. The van der Waals surface area contributed by atoms with Crippen LogP contribution in [0, 0.1) is 6.92 Å². The van der Waals surface area contributed by atoms with Crippen LogP contribution in [-0.4, -0.2) is 39.2 Å². The topological polar surface area (TPSA) is 52.2 Å². The first-order valence-electron chi connectivity index (χ1n) is 8.58. The van der Waals surface area contributed by atoms with Crippen molar-refractivity contribution in [3.8, 4) is 0 Å². The summed E-state index contributed by atoms with van der Waals surface area (Å²) in [6.45, 7) is 4.53. The molecule has 1 aliphatic heterocycles. The number of piperidine rings is 1. The molecule has 2 heterocycles. The number of β-amino-alcohol motifs (C(OH)–C–C–N with tert-alkyl or cyclic N) is 1. The van der Waals surface area contributed by atoms with Crippen LogP contribution in [-0.2, 0) is 6.54 Å². The summed E-state index contributed by atoms with van der Waals surface area (Å²) in [6, 6.07) is 15.0. The zero-order valence-corrected chi connectivity index (χ0v) is 13.9. The van der Waals surface area contributed by atoms with Crippen molar-refractivity contribution in [2.24, 2.45) is 0 Å². The van der Waals surface area contributed by atoms with Crippen LogP contribution < -0.4 is 0 Å². The molecule has 2 aromatic carbocycles. The van der Waals surface area contributed by atoms with Gasteiger partial charge in [-0.15, -0.1) is 0 Å². The minimum absolute atomic E-state index is 0.214. The number of aromatic nitrogens is 2. The van der Waals surface area contributed by atoms with Crippen molar-refractivity contribution in [3.05, 3.63) is 65.7 Å². The van der Waals surface area contributed by atoms with Crippen molar-refractivity contribution in [2.45, 2.75) is 31.9 Å². The van der Waals surface area contributed by atoms with Gasteiger partial charge in [-0.3, -0.25) is 4.90 Å². The third-order valence-electron chi connectivity index (χ3n) is 5.18. The molecule has 24 heavy (non-hydrogen) atoms. The van der Waals surface area contributed by atoms with Crippen LogP contribution in [0.1, 0.15) is 29.3 Å². The third-order valence-corrected chi connectivity index (χ3v) is 5.18. The second kappa shape index (κ2) is 6.38. The van der Waals surface area contributed by atoms with E-state index in [1.807, 2.05) is 6.92 Å². The smallest absolute Gasteiger partial charge is 0.0925 e. The van der Waals surface area contributed by atoms with Crippen molar-refractivity contribution >= 4 is 10.8 Å². The molecule has 0 amide bonds. The molecule has 0 spiro atoms. The molecule has 4 heteroatoms. The lowest BCUT2D eigenvalue weighted by Crippen LogP contribution is -2.42. The Morgan fingerprint density at radius 3 is 2.79 bits per heavy atom. The lowest BCUT2D eigenvalue weighted by Gasteiger charge is -2.36. The number of hydrogen-bond acceptors (Lipinski definition) is 3. The summed E-state index contributed by atoms with van der Waals surface area (Å²) in [7, 11) is 0. The molecule has 0 aliphatic carbocycles. The van der Waals surface area contributed by atoms with Gasteiger partial charge in [0.05, 0.1) is 18.1 Å². The maximum absolute atomic E-state index is 10.7. The van der Waals surface area contributed by atoms with E-state index in [0.717, 1.165) is 30.9 Å². The molecular weight excluding hydrogens is 298 g/mol. The third kappa shape index (κ3) is 2.95. The summed E-state index contributed by atoms with van der Waals surface area (Å²) in [5, 5.41) is 13.2. The Labute approximate surface area is 142 Å². The van der Waals surface area contributed by atoms with E-state index in [2.05, 4.69) is 57.3 Å². The van der Waals surface area contributed by atoms with Gasteiger partial charge in [0.15, 0.2) is 0 Å². The Bertz CT molecular complexity index is 842. The Hall–Kier alpha value is -2.17. The Morgan fingerprint density at radius 1 is 1.21 bits per heavy atom. The number of nitrogens with zero attached hydrogens (tertiary/aromatic N) is 2. The van der Waals surface area contributed by atoms with Crippen molar-refractivity contribution < 1.29 is 5.11 Å². The van der Waals surface area contributed by atoms with Gasteiger partial charge in [0, 0.05) is 24.7 Å². The number of H-pyrrole nitrogens is 1. The van der Waals surface area contributed by atoms with E-state index < -0.39 is 0 Å².